The van der Waals surface area contributed by atoms with Crippen molar-refractivity contribution in [2.24, 2.45) is 0 Å². The van der Waals surface area contributed by atoms with E-state index in [0.717, 1.165) is 12.0 Å². The average molecular weight is 360 g/mol. The second-order valence-corrected chi connectivity index (χ2v) is 6.61. The summed E-state index contributed by atoms with van der Waals surface area (Å²) in [7, 11) is 0. The molecule has 27 heavy (non-hydrogen) atoms. The molecule has 0 unspecified atom stereocenters. The summed E-state index contributed by atoms with van der Waals surface area (Å²) in [5.74, 6) is 1.30. The lowest BCUT2D eigenvalue weighted by Crippen LogP contribution is -2.23. The Morgan fingerprint density at radius 3 is 2.63 bits per heavy atom. The summed E-state index contributed by atoms with van der Waals surface area (Å²) >= 11 is 0. The van der Waals surface area contributed by atoms with Crippen LogP contribution >= 0.6 is 0 Å². The Balaban J connectivity index is 1.49. The number of benzene rings is 2. The summed E-state index contributed by atoms with van der Waals surface area (Å²) in [5.41, 5.74) is 4.72. The van der Waals surface area contributed by atoms with Gasteiger partial charge in [0.1, 0.15) is 5.75 Å². The van der Waals surface area contributed by atoms with Crippen LogP contribution in [-0.4, -0.2) is 10.9 Å². The first-order valence-electron chi connectivity index (χ1n) is 9.11. The van der Waals surface area contributed by atoms with Crippen LogP contribution in [0.1, 0.15) is 28.7 Å². The minimum Gasteiger partial charge on any atom is -0.439 e. The largest absolute Gasteiger partial charge is 0.439 e. The summed E-state index contributed by atoms with van der Waals surface area (Å²) in [5, 5.41) is 2.98. The van der Waals surface area contributed by atoms with Crippen LogP contribution in [0.2, 0.25) is 0 Å². The summed E-state index contributed by atoms with van der Waals surface area (Å²) in [4.78, 5) is 16.3. The van der Waals surface area contributed by atoms with Gasteiger partial charge in [0, 0.05) is 25.2 Å². The lowest BCUT2D eigenvalue weighted by Gasteiger charge is -2.09. The van der Waals surface area contributed by atoms with Crippen LogP contribution in [0.5, 0.6) is 11.6 Å². The summed E-state index contributed by atoms with van der Waals surface area (Å²) in [6, 6.07) is 19.5. The number of nitrogens with one attached hydrogen (secondary N) is 1. The van der Waals surface area contributed by atoms with Crippen molar-refractivity contribution in [1.29, 1.82) is 0 Å². The van der Waals surface area contributed by atoms with Crippen molar-refractivity contribution in [1.82, 2.24) is 10.3 Å². The van der Waals surface area contributed by atoms with Crippen LogP contribution in [0.25, 0.3) is 0 Å². The normalized spacial score (nSPS) is 10.4. The van der Waals surface area contributed by atoms with Crippen LogP contribution in [0, 0.1) is 13.8 Å². The van der Waals surface area contributed by atoms with E-state index >= 15 is 0 Å². The number of nitrogens with zero attached hydrogens (tertiary/aromatic N) is 1. The maximum absolute atomic E-state index is 12.2. The molecule has 1 aromatic heterocycles. The molecule has 4 nitrogen and oxygen atoms in total. The molecule has 0 radical (unpaired) electrons. The van der Waals surface area contributed by atoms with Gasteiger partial charge in [-0.2, -0.15) is 0 Å². The minimum absolute atomic E-state index is 0.0456. The van der Waals surface area contributed by atoms with Gasteiger partial charge in [-0.05, 0) is 60.7 Å². The molecule has 0 saturated heterocycles. The van der Waals surface area contributed by atoms with E-state index in [9.17, 15) is 4.79 Å². The Kier molecular flexibility index (Phi) is 6.21. The second-order valence-electron chi connectivity index (χ2n) is 6.61. The van der Waals surface area contributed by atoms with Crippen LogP contribution in [0.15, 0.2) is 66.9 Å². The predicted octanol–water partition coefficient (Wildman–Crippen LogP) is 4.74. The Morgan fingerprint density at radius 1 is 0.963 bits per heavy atom. The molecule has 138 valence electrons. The third-order valence-electron chi connectivity index (χ3n) is 4.46. The maximum atomic E-state index is 12.2. The van der Waals surface area contributed by atoms with E-state index in [1.165, 1.54) is 16.7 Å². The van der Waals surface area contributed by atoms with E-state index in [2.05, 4.69) is 42.3 Å². The maximum Gasteiger partial charge on any atom is 0.220 e. The Bertz CT molecular complexity index is 907. The monoisotopic (exact) mass is 360 g/mol. The molecule has 0 spiro atoms. The van der Waals surface area contributed by atoms with Gasteiger partial charge in [0.05, 0.1) is 0 Å². The second kappa shape index (κ2) is 8.99. The molecule has 0 saturated carbocycles. The average Bonchev–Trinajstić information content (AvgIpc) is 2.68. The molecule has 3 rings (SSSR count). The van der Waals surface area contributed by atoms with E-state index in [4.69, 9.17) is 4.74 Å². The fraction of sp³-hybridized carbons (Fsp3) is 0.217. The molecular weight excluding hydrogens is 336 g/mol. The van der Waals surface area contributed by atoms with E-state index in [0.29, 0.717) is 24.6 Å². The van der Waals surface area contributed by atoms with E-state index in [-0.39, 0.29) is 5.91 Å². The number of rotatable bonds is 7. The first-order valence-corrected chi connectivity index (χ1v) is 9.11. The number of carbonyl (C=O) groups is 1. The topological polar surface area (TPSA) is 51.2 Å². The van der Waals surface area contributed by atoms with Gasteiger partial charge in [0.25, 0.3) is 0 Å². The van der Waals surface area contributed by atoms with Crippen LogP contribution in [0.4, 0.5) is 0 Å². The Hall–Kier alpha value is -3.14. The number of pyridine rings is 1. The highest BCUT2D eigenvalue weighted by Gasteiger charge is 2.05. The first-order chi connectivity index (χ1) is 13.1. The van der Waals surface area contributed by atoms with E-state index < -0.39 is 0 Å². The lowest BCUT2D eigenvalue weighted by molar-refractivity contribution is -0.121. The van der Waals surface area contributed by atoms with Gasteiger partial charge in [0.2, 0.25) is 11.8 Å². The fourth-order valence-electron chi connectivity index (χ4n) is 2.75. The quantitative estimate of drug-likeness (QED) is 0.662. The van der Waals surface area contributed by atoms with Crippen molar-refractivity contribution >= 4 is 5.91 Å². The smallest absolute Gasteiger partial charge is 0.220 e. The number of amides is 1. The molecule has 2 aromatic carbocycles. The summed E-state index contributed by atoms with van der Waals surface area (Å²) in [6.45, 7) is 4.67. The molecule has 4 heteroatoms. The number of aromatic nitrogens is 1. The molecule has 0 fully saturated rings. The molecule has 0 aliphatic rings. The number of hydrogen-bond donors (Lipinski definition) is 1. The third-order valence-corrected chi connectivity index (χ3v) is 4.46. The molecule has 0 atom stereocenters. The fourth-order valence-corrected chi connectivity index (χ4v) is 2.75. The van der Waals surface area contributed by atoms with Gasteiger partial charge in [0.15, 0.2) is 0 Å². The standard InChI is InChI=1S/C23H24N2O2/c1-17-9-10-19(14-18(17)2)11-12-22(26)25-16-20-6-5-7-21(15-20)27-23-8-3-4-13-24-23/h3-10,13-15H,11-12,16H2,1-2H3,(H,25,26). The number of carbonyl (C=O) groups excluding carboxylic acids is 1. The molecule has 0 aliphatic heterocycles. The van der Waals surface area contributed by atoms with Gasteiger partial charge in [-0.15, -0.1) is 0 Å². The van der Waals surface area contributed by atoms with Crippen molar-refractivity contribution < 1.29 is 9.53 Å². The van der Waals surface area contributed by atoms with Gasteiger partial charge in [-0.3, -0.25) is 4.79 Å². The lowest BCUT2D eigenvalue weighted by atomic mass is 10.0. The van der Waals surface area contributed by atoms with E-state index in [1.54, 1.807) is 12.3 Å². The highest BCUT2D eigenvalue weighted by Crippen LogP contribution is 2.20. The third kappa shape index (κ3) is 5.68. The zero-order valence-corrected chi connectivity index (χ0v) is 15.7. The van der Waals surface area contributed by atoms with Crippen molar-refractivity contribution in [3.05, 3.63) is 89.1 Å². The molecule has 3 aromatic rings. The van der Waals surface area contributed by atoms with E-state index in [1.807, 2.05) is 36.4 Å². The number of hydrogen-bond acceptors (Lipinski definition) is 3. The minimum atomic E-state index is 0.0456. The number of ether oxygens (including phenoxy) is 1. The van der Waals surface area contributed by atoms with Gasteiger partial charge in [-0.1, -0.05) is 36.4 Å². The Labute approximate surface area is 160 Å². The van der Waals surface area contributed by atoms with Crippen molar-refractivity contribution in [3.63, 3.8) is 0 Å². The first kappa shape index (κ1) is 18.6. The van der Waals surface area contributed by atoms with Gasteiger partial charge < -0.3 is 10.1 Å². The SMILES string of the molecule is Cc1ccc(CCC(=O)NCc2cccc(Oc3ccccn3)c2)cc1C. The van der Waals surface area contributed by atoms with Crippen LogP contribution in [0.3, 0.4) is 0 Å². The molecule has 1 amide bonds. The Morgan fingerprint density at radius 2 is 1.85 bits per heavy atom. The zero-order chi connectivity index (χ0) is 19.1. The molecule has 0 aliphatic carbocycles. The molecular formula is C23H24N2O2. The highest BCUT2D eigenvalue weighted by molar-refractivity contribution is 5.76. The molecule has 1 heterocycles. The predicted molar refractivity (Wildman–Crippen MR) is 107 cm³/mol. The summed E-state index contributed by atoms with van der Waals surface area (Å²) in [6.07, 6.45) is 2.91. The molecule has 0 bridgehead atoms. The molecule has 1 N–H and O–H groups in total. The van der Waals surface area contributed by atoms with Crippen LogP contribution < -0.4 is 10.1 Å². The highest BCUT2D eigenvalue weighted by atomic mass is 16.5. The van der Waals surface area contributed by atoms with Gasteiger partial charge >= 0.3 is 0 Å². The van der Waals surface area contributed by atoms with Gasteiger partial charge in [-0.25, -0.2) is 4.98 Å². The number of aryl methyl sites for hydroxylation is 3. The van der Waals surface area contributed by atoms with Crippen molar-refractivity contribution in [2.75, 3.05) is 0 Å². The zero-order valence-electron chi connectivity index (χ0n) is 15.7. The van der Waals surface area contributed by atoms with Crippen molar-refractivity contribution in [3.8, 4) is 11.6 Å². The van der Waals surface area contributed by atoms with Crippen LogP contribution in [-0.2, 0) is 17.8 Å². The van der Waals surface area contributed by atoms with Crippen molar-refractivity contribution in [2.45, 2.75) is 33.2 Å². The summed E-state index contributed by atoms with van der Waals surface area (Å²) < 4.78 is 5.73.